The number of methoxy groups -OCH3 is 2. The molecule has 0 spiro atoms. The lowest BCUT2D eigenvalue weighted by molar-refractivity contribution is 0.0849. The number of anilines is 2. The molecule has 2 amide bonds. The van der Waals surface area contributed by atoms with Crippen LogP contribution in [0.25, 0.3) is 0 Å². The minimum absolute atomic E-state index is 0.316. The average molecular weight is 473 g/mol. The van der Waals surface area contributed by atoms with Crippen LogP contribution in [0.15, 0.2) is 48.5 Å². The van der Waals surface area contributed by atoms with Crippen molar-refractivity contribution in [1.82, 2.24) is 9.80 Å². The van der Waals surface area contributed by atoms with Crippen molar-refractivity contribution in [2.75, 3.05) is 77.3 Å². The van der Waals surface area contributed by atoms with E-state index in [2.05, 4.69) is 20.4 Å². The molecule has 0 atom stereocenters. The maximum atomic E-state index is 11.9. The summed E-state index contributed by atoms with van der Waals surface area (Å²) in [5, 5.41) is 5.39. The van der Waals surface area contributed by atoms with E-state index >= 15 is 0 Å². The van der Waals surface area contributed by atoms with Crippen LogP contribution in [-0.4, -0.2) is 88.7 Å². The van der Waals surface area contributed by atoms with E-state index in [1.807, 2.05) is 0 Å². The third-order valence-corrected chi connectivity index (χ3v) is 5.42. The smallest absolute Gasteiger partial charge is 0.411 e. The molecule has 0 aromatic heterocycles. The largest absolute Gasteiger partial charge is 0.497 e. The van der Waals surface area contributed by atoms with Gasteiger partial charge in [0.1, 0.15) is 24.7 Å². The summed E-state index contributed by atoms with van der Waals surface area (Å²) >= 11 is 0. The monoisotopic (exact) mass is 472 g/mol. The lowest BCUT2D eigenvalue weighted by atomic mass is 10.3. The summed E-state index contributed by atoms with van der Waals surface area (Å²) in [6, 6.07) is 14.1. The summed E-state index contributed by atoms with van der Waals surface area (Å²) < 4.78 is 20.7. The zero-order valence-electron chi connectivity index (χ0n) is 19.6. The summed E-state index contributed by atoms with van der Waals surface area (Å²) in [6.45, 7) is 5.43. The number of nitrogens with zero attached hydrogens (tertiary/aromatic N) is 2. The molecule has 10 heteroatoms. The molecular weight excluding hydrogens is 440 g/mol. The standard InChI is InChI=1S/C24H32N4O6/c1-31-21-7-3-19(4-8-21)25-23(29)33-17-15-27-11-13-28(14-12-27)16-18-34-24(30)26-20-5-9-22(32-2)10-6-20/h3-10H,11-18H2,1-2H3,(H,25,29)(H,26,30). The van der Waals surface area contributed by atoms with Crippen molar-refractivity contribution in [3.63, 3.8) is 0 Å². The second-order valence-electron chi connectivity index (χ2n) is 7.66. The van der Waals surface area contributed by atoms with Crippen molar-refractivity contribution in [2.45, 2.75) is 0 Å². The van der Waals surface area contributed by atoms with Crippen LogP contribution in [0.5, 0.6) is 11.5 Å². The van der Waals surface area contributed by atoms with Crippen molar-refractivity contribution in [3.05, 3.63) is 48.5 Å². The highest BCUT2D eigenvalue weighted by Gasteiger charge is 2.17. The first-order valence-corrected chi connectivity index (χ1v) is 11.2. The topological polar surface area (TPSA) is 102 Å². The fourth-order valence-electron chi connectivity index (χ4n) is 3.43. The van der Waals surface area contributed by atoms with Crippen LogP contribution in [0.2, 0.25) is 0 Å². The minimum Gasteiger partial charge on any atom is -0.497 e. The van der Waals surface area contributed by atoms with Gasteiger partial charge in [0.2, 0.25) is 0 Å². The van der Waals surface area contributed by atoms with Crippen LogP contribution in [0, 0.1) is 0 Å². The van der Waals surface area contributed by atoms with Crippen molar-refractivity contribution < 1.29 is 28.5 Å². The average Bonchev–Trinajstić information content (AvgIpc) is 2.86. The fourth-order valence-corrected chi connectivity index (χ4v) is 3.43. The van der Waals surface area contributed by atoms with Crippen molar-refractivity contribution in [2.24, 2.45) is 0 Å². The van der Waals surface area contributed by atoms with E-state index < -0.39 is 12.2 Å². The van der Waals surface area contributed by atoms with Gasteiger partial charge in [-0.1, -0.05) is 0 Å². The molecule has 1 saturated heterocycles. The molecule has 2 aromatic carbocycles. The Kier molecular flexibility index (Phi) is 9.80. The summed E-state index contributed by atoms with van der Waals surface area (Å²) in [5.74, 6) is 1.45. The Bertz CT molecular complexity index is 823. The third kappa shape index (κ3) is 8.45. The quantitative estimate of drug-likeness (QED) is 0.544. The SMILES string of the molecule is COc1ccc(NC(=O)OCCN2CCN(CCOC(=O)Nc3ccc(OC)cc3)CC2)cc1. The molecule has 0 unspecified atom stereocenters. The van der Waals surface area contributed by atoms with Gasteiger partial charge in [0.15, 0.2) is 0 Å². The molecule has 10 nitrogen and oxygen atoms in total. The fraction of sp³-hybridized carbons (Fsp3) is 0.417. The Balaban J connectivity index is 1.23. The molecule has 2 aromatic rings. The zero-order chi connectivity index (χ0) is 24.2. The van der Waals surface area contributed by atoms with Crippen LogP contribution in [0.4, 0.5) is 21.0 Å². The number of ether oxygens (including phenoxy) is 4. The first-order valence-electron chi connectivity index (χ1n) is 11.2. The van der Waals surface area contributed by atoms with Gasteiger partial charge >= 0.3 is 12.2 Å². The van der Waals surface area contributed by atoms with E-state index in [0.29, 0.717) is 37.7 Å². The Morgan fingerprint density at radius 2 is 1.03 bits per heavy atom. The Morgan fingerprint density at radius 3 is 1.35 bits per heavy atom. The van der Waals surface area contributed by atoms with Crippen LogP contribution >= 0.6 is 0 Å². The maximum absolute atomic E-state index is 11.9. The predicted octanol–water partition coefficient (Wildman–Crippen LogP) is 3.12. The van der Waals surface area contributed by atoms with Crippen LogP contribution < -0.4 is 20.1 Å². The van der Waals surface area contributed by atoms with Gasteiger partial charge in [-0.25, -0.2) is 9.59 Å². The van der Waals surface area contributed by atoms with Crippen molar-refractivity contribution in [1.29, 1.82) is 0 Å². The van der Waals surface area contributed by atoms with Gasteiger partial charge in [-0.3, -0.25) is 20.4 Å². The van der Waals surface area contributed by atoms with Crippen LogP contribution in [0.3, 0.4) is 0 Å². The molecule has 0 saturated carbocycles. The second-order valence-corrected chi connectivity index (χ2v) is 7.66. The van der Waals surface area contributed by atoms with Gasteiger partial charge in [-0.2, -0.15) is 0 Å². The van der Waals surface area contributed by atoms with Crippen LogP contribution in [0.1, 0.15) is 0 Å². The molecule has 1 fully saturated rings. The van der Waals surface area contributed by atoms with Gasteiger partial charge in [0.05, 0.1) is 14.2 Å². The van der Waals surface area contributed by atoms with Gasteiger partial charge < -0.3 is 18.9 Å². The molecule has 3 rings (SSSR count). The minimum atomic E-state index is -0.478. The van der Waals surface area contributed by atoms with Crippen molar-refractivity contribution >= 4 is 23.6 Å². The summed E-state index contributed by atoms with van der Waals surface area (Å²) in [5.41, 5.74) is 1.30. The first-order chi connectivity index (χ1) is 16.6. The highest BCUT2D eigenvalue weighted by molar-refractivity contribution is 5.85. The summed E-state index contributed by atoms with van der Waals surface area (Å²) in [4.78, 5) is 28.4. The second kappa shape index (κ2) is 13.3. The number of benzene rings is 2. The molecular formula is C24H32N4O6. The number of rotatable bonds is 10. The number of amides is 2. The number of carbonyl (C=O) groups is 2. The number of piperazine rings is 1. The summed E-state index contributed by atoms with van der Waals surface area (Å²) in [6.07, 6.45) is -0.956. The van der Waals surface area contributed by atoms with Gasteiger partial charge in [-0.05, 0) is 48.5 Å². The number of hydrogen-bond acceptors (Lipinski definition) is 8. The molecule has 1 aliphatic rings. The van der Waals surface area contributed by atoms with E-state index in [4.69, 9.17) is 18.9 Å². The molecule has 0 aliphatic carbocycles. The summed E-state index contributed by atoms with van der Waals surface area (Å²) in [7, 11) is 3.18. The Hall–Kier alpha value is -3.50. The van der Waals surface area contributed by atoms with Gasteiger partial charge in [0, 0.05) is 50.6 Å². The van der Waals surface area contributed by atoms with E-state index in [9.17, 15) is 9.59 Å². The van der Waals surface area contributed by atoms with Crippen molar-refractivity contribution in [3.8, 4) is 11.5 Å². The molecule has 2 N–H and O–H groups in total. The van der Waals surface area contributed by atoms with Gasteiger partial charge in [0.25, 0.3) is 0 Å². The lowest BCUT2D eigenvalue weighted by Crippen LogP contribution is -2.48. The third-order valence-electron chi connectivity index (χ3n) is 5.42. The first kappa shape index (κ1) is 25.1. The van der Waals surface area contributed by atoms with Crippen LogP contribution in [-0.2, 0) is 9.47 Å². The zero-order valence-corrected chi connectivity index (χ0v) is 19.6. The predicted molar refractivity (Wildman–Crippen MR) is 129 cm³/mol. The van der Waals surface area contributed by atoms with E-state index in [0.717, 1.165) is 37.7 Å². The Morgan fingerprint density at radius 1 is 0.676 bits per heavy atom. The van der Waals surface area contributed by atoms with Gasteiger partial charge in [-0.15, -0.1) is 0 Å². The molecule has 34 heavy (non-hydrogen) atoms. The van der Waals surface area contributed by atoms with E-state index in [1.54, 1.807) is 62.8 Å². The molecule has 184 valence electrons. The van der Waals surface area contributed by atoms with E-state index in [1.165, 1.54) is 0 Å². The molecule has 1 aliphatic heterocycles. The molecule has 0 bridgehead atoms. The van der Waals surface area contributed by atoms with E-state index in [-0.39, 0.29) is 0 Å². The number of hydrogen-bond donors (Lipinski definition) is 2. The maximum Gasteiger partial charge on any atom is 0.411 e. The lowest BCUT2D eigenvalue weighted by Gasteiger charge is -2.34. The molecule has 0 radical (unpaired) electrons. The highest BCUT2D eigenvalue weighted by Crippen LogP contribution is 2.16. The number of carbonyl (C=O) groups excluding carboxylic acids is 2. The molecule has 1 heterocycles. The number of nitrogens with one attached hydrogen (secondary N) is 2. The normalized spacial score (nSPS) is 14.2. The highest BCUT2D eigenvalue weighted by atomic mass is 16.6. The Labute approximate surface area is 199 Å².